The molecule has 3 heteroatoms. The summed E-state index contributed by atoms with van der Waals surface area (Å²) in [7, 11) is 0. The van der Waals surface area contributed by atoms with E-state index in [1.54, 1.807) is 0 Å². The minimum Gasteiger partial charge on any atom is -0.423 e. The van der Waals surface area contributed by atoms with Gasteiger partial charge in [0.25, 0.3) is 0 Å². The van der Waals surface area contributed by atoms with Crippen LogP contribution in [-0.4, -0.2) is 5.97 Å². The molecule has 0 atom stereocenters. The Balaban J connectivity index is 1.17. The predicted molar refractivity (Wildman–Crippen MR) is 196 cm³/mol. The maximum atomic E-state index is 13.0. The van der Waals surface area contributed by atoms with Gasteiger partial charge in [-0.3, -0.25) is 0 Å². The molecule has 0 radical (unpaired) electrons. The van der Waals surface area contributed by atoms with Crippen molar-refractivity contribution in [2.75, 3.05) is 4.90 Å². The van der Waals surface area contributed by atoms with Gasteiger partial charge < -0.3 is 9.64 Å². The summed E-state index contributed by atoms with van der Waals surface area (Å²) >= 11 is 0. The first kappa shape index (κ1) is 31.6. The number of hydrogen-bond acceptors (Lipinski definition) is 3. The number of carbonyl (C=O) groups is 1. The summed E-state index contributed by atoms with van der Waals surface area (Å²) in [4.78, 5) is 15.3. The zero-order valence-corrected chi connectivity index (χ0v) is 27.8. The minimum absolute atomic E-state index is 0.373. The molecule has 0 spiro atoms. The molecule has 0 saturated heterocycles. The zero-order chi connectivity index (χ0) is 32.9. The van der Waals surface area contributed by atoms with Crippen LogP contribution in [0.25, 0.3) is 22.3 Å². The molecule has 6 aromatic rings. The normalized spacial score (nSPS) is 11.0. The Morgan fingerprint density at radius 3 is 1.70 bits per heavy atom. The van der Waals surface area contributed by atoms with Gasteiger partial charge in [0.15, 0.2) is 0 Å². The van der Waals surface area contributed by atoms with Crippen LogP contribution in [0.1, 0.15) is 59.3 Å². The zero-order valence-electron chi connectivity index (χ0n) is 27.8. The fourth-order valence-electron chi connectivity index (χ4n) is 5.98. The monoisotopic (exact) mass is 615 g/mol. The SMILES string of the molecule is CCc1ccc(C(C)C)cc1-c1ccc(OC(=O)c2ccc(-c3ccc(N(c4cccc(C)c4)c4cccc(C)c4)cc3)cc2)cc1. The number of rotatable bonds is 9. The second kappa shape index (κ2) is 13.9. The fraction of sp³-hybridized carbons (Fsp3) is 0.159. The van der Waals surface area contributed by atoms with E-state index in [1.165, 1.54) is 27.8 Å². The summed E-state index contributed by atoms with van der Waals surface area (Å²) in [5.74, 6) is 0.620. The number of hydrogen-bond donors (Lipinski definition) is 0. The van der Waals surface area contributed by atoms with Crippen LogP contribution in [0.5, 0.6) is 5.75 Å². The maximum Gasteiger partial charge on any atom is 0.343 e. The van der Waals surface area contributed by atoms with Crippen molar-refractivity contribution < 1.29 is 9.53 Å². The highest BCUT2D eigenvalue weighted by Crippen LogP contribution is 2.36. The lowest BCUT2D eigenvalue weighted by Gasteiger charge is -2.26. The molecule has 0 N–H and O–H groups in total. The van der Waals surface area contributed by atoms with Gasteiger partial charge in [-0.15, -0.1) is 0 Å². The highest BCUT2D eigenvalue weighted by Gasteiger charge is 2.14. The van der Waals surface area contributed by atoms with Crippen molar-refractivity contribution in [2.24, 2.45) is 0 Å². The van der Waals surface area contributed by atoms with E-state index in [-0.39, 0.29) is 5.97 Å². The molecular formula is C44H41NO2. The van der Waals surface area contributed by atoms with Gasteiger partial charge in [-0.2, -0.15) is 0 Å². The van der Waals surface area contributed by atoms with Crippen LogP contribution in [-0.2, 0) is 6.42 Å². The Bertz CT molecular complexity index is 1940. The Labute approximate surface area is 279 Å². The number of ether oxygens (including phenoxy) is 1. The minimum atomic E-state index is -0.373. The molecule has 6 aromatic carbocycles. The summed E-state index contributed by atoms with van der Waals surface area (Å²) in [5, 5.41) is 0. The number of esters is 1. The number of nitrogens with zero attached hydrogens (tertiary/aromatic N) is 1. The number of aryl methyl sites for hydroxylation is 3. The average Bonchev–Trinajstić information content (AvgIpc) is 3.09. The molecular weight excluding hydrogens is 574 g/mol. The standard InChI is InChI=1S/C44H41NO2/c1-6-33-13-18-38(30(2)3)29-43(33)36-21-25-42(26-22-36)47-44(46)37-16-14-34(15-17-37)35-19-23-39(24-20-35)45(40-11-7-9-31(4)27-40)41-12-8-10-32(5)28-41/h7-30H,6H2,1-5H3. The van der Waals surface area contributed by atoms with Crippen LogP contribution < -0.4 is 9.64 Å². The van der Waals surface area contributed by atoms with Gasteiger partial charge in [0.2, 0.25) is 0 Å². The number of anilines is 3. The Morgan fingerprint density at radius 1 is 0.617 bits per heavy atom. The molecule has 3 nitrogen and oxygen atoms in total. The van der Waals surface area contributed by atoms with Crippen LogP contribution in [0.3, 0.4) is 0 Å². The summed E-state index contributed by atoms with van der Waals surface area (Å²) in [6.45, 7) is 10.8. The smallest absolute Gasteiger partial charge is 0.343 e. The molecule has 6 rings (SSSR count). The highest BCUT2D eigenvalue weighted by atomic mass is 16.5. The summed E-state index contributed by atoms with van der Waals surface area (Å²) < 4.78 is 5.75. The molecule has 0 aliphatic carbocycles. The molecule has 0 fully saturated rings. The summed E-state index contributed by atoms with van der Waals surface area (Å²) in [6.07, 6.45) is 0.962. The Hall–Kier alpha value is -5.41. The van der Waals surface area contributed by atoms with Gasteiger partial charge in [-0.25, -0.2) is 4.79 Å². The van der Waals surface area contributed by atoms with E-state index in [9.17, 15) is 4.79 Å². The van der Waals surface area contributed by atoms with Crippen molar-refractivity contribution in [3.63, 3.8) is 0 Å². The van der Waals surface area contributed by atoms with Crippen LogP contribution in [0.4, 0.5) is 17.1 Å². The first-order valence-electron chi connectivity index (χ1n) is 16.4. The molecule has 234 valence electrons. The molecule has 0 bridgehead atoms. The van der Waals surface area contributed by atoms with Crippen molar-refractivity contribution >= 4 is 23.0 Å². The highest BCUT2D eigenvalue weighted by molar-refractivity contribution is 5.92. The van der Waals surface area contributed by atoms with Crippen LogP contribution in [0.2, 0.25) is 0 Å². The third-order valence-corrected chi connectivity index (χ3v) is 8.66. The molecule has 0 unspecified atom stereocenters. The van der Waals surface area contributed by atoms with Gasteiger partial charge in [0, 0.05) is 17.1 Å². The van der Waals surface area contributed by atoms with Gasteiger partial charge in [-0.1, -0.05) is 99.6 Å². The second-order valence-electron chi connectivity index (χ2n) is 12.5. The van der Waals surface area contributed by atoms with Crippen molar-refractivity contribution in [3.8, 4) is 28.0 Å². The first-order chi connectivity index (χ1) is 22.8. The van der Waals surface area contributed by atoms with Crippen LogP contribution in [0, 0.1) is 13.8 Å². The lowest BCUT2D eigenvalue weighted by Crippen LogP contribution is -2.10. The molecule has 0 amide bonds. The van der Waals surface area contributed by atoms with Gasteiger partial charge in [0.1, 0.15) is 5.75 Å². The van der Waals surface area contributed by atoms with Crippen molar-refractivity contribution in [2.45, 2.75) is 47.0 Å². The van der Waals surface area contributed by atoms with Crippen molar-refractivity contribution in [1.82, 2.24) is 0 Å². The predicted octanol–water partition coefficient (Wildman–Crippen LogP) is 12.0. The van der Waals surface area contributed by atoms with Crippen LogP contribution >= 0.6 is 0 Å². The van der Waals surface area contributed by atoms with Crippen molar-refractivity contribution in [1.29, 1.82) is 0 Å². The molecule has 0 saturated carbocycles. The van der Waals surface area contributed by atoms with Crippen molar-refractivity contribution in [3.05, 3.63) is 167 Å². The number of carbonyl (C=O) groups excluding carboxylic acids is 1. The fourth-order valence-corrected chi connectivity index (χ4v) is 5.98. The van der Waals surface area contributed by atoms with E-state index < -0.39 is 0 Å². The van der Waals surface area contributed by atoms with E-state index in [1.807, 2.05) is 48.5 Å². The quantitative estimate of drug-likeness (QED) is 0.120. The molecule has 0 aromatic heterocycles. The largest absolute Gasteiger partial charge is 0.423 e. The Kier molecular flexibility index (Phi) is 9.35. The van der Waals surface area contributed by atoms with E-state index >= 15 is 0 Å². The second-order valence-corrected chi connectivity index (χ2v) is 12.5. The average molecular weight is 616 g/mol. The lowest BCUT2D eigenvalue weighted by atomic mass is 9.92. The maximum absolute atomic E-state index is 13.0. The van der Waals surface area contributed by atoms with E-state index in [0.29, 0.717) is 17.2 Å². The van der Waals surface area contributed by atoms with Crippen LogP contribution in [0.15, 0.2) is 140 Å². The number of benzene rings is 6. The van der Waals surface area contributed by atoms with Gasteiger partial charge in [-0.05, 0) is 131 Å². The first-order valence-corrected chi connectivity index (χ1v) is 16.4. The van der Waals surface area contributed by atoms with E-state index in [0.717, 1.165) is 40.2 Å². The molecule has 0 heterocycles. The molecule has 0 aliphatic rings. The Morgan fingerprint density at radius 2 is 1.17 bits per heavy atom. The summed E-state index contributed by atoms with van der Waals surface area (Å²) in [6, 6.07) is 47.8. The molecule has 0 aliphatic heterocycles. The lowest BCUT2D eigenvalue weighted by molar-refractivity contribution is 0.0735. The van der Waals surface area contributed by atoms with Gasteiger partial charge >= 0.3 is 5.97 Å². The third kappa shape index (κ3) is 7.21. The van der Waals surface area contributed by atoms with E-state index in [2.05, 4.69) is 131 Å². The third-order valence-electron chi connectivity index (χ3n) is 8.66. The van der Waals surface area contributed by atoms with E-state index in [4.69, 9.17) is 4.74 Å². The molecule has 47 heavy (non-hydrogen) atoms. The van der Waals surface area contributed by atoms with Gasteiger partial charge in [0.05, 0.1) is 5.56 Å². The summed E-state index contributed by atoms with van der Waals surface area (Å²) in [5.41, 5.74) is 13.3. The topological polar surface area (TPSA) is 29.5 Å².